The average Bonchev–Trinajstić information content (AvgIpc) is 2.60. The summed E-state index contributed by atoms with van der Waals surface area (Å²) in [4.78, 5) is 11.8. The van der Waals surface area contributed by atoms with Crippen LogP contribution in [0.4, 0.5) is 13.2 Å². The molecule has 2 rings (SSSR count). The van der Waals surface area contributed by atoms with Crippen molar-refractivity contribution in [3.8, 4) is 17.2 Å². The fourth-order valence-electron chi connectivity index (χ4n) is 1.95. The molecule has 0 aliphatic carbocycles. The van der Waals surface area contributed by atoms with Gasteiger partial charge in [-0.15, -0.1) is 0 Å². The number of halogens is 3. The highest BCUT2D eigenvalue weighted by molar-refractivity contribution is 5.77. The second kappa shape index (κ2) is 8.81. The Labute approximate surface area is 142 Å². The molecule has 2 aromatic rings. The minimum Gasteiger partial charge on any atom is -0.493 e. The van der Waals surface area contributed by atoms with E-state index in [1.54, 1.807) is 0 Å². The van der Waals surface area contributed by atoms with Gasteiger partial charge in [0.15, 0.2) is 18.1 Å². The Morgan fingerprint density at radius 2 is 1.84 bits per heavy atom. The first-order valence-corrected chi connectivity index (χ1v) is 7.24. The lowest BCUT2D eigenvalue weighted by Crippen LogP contribution is -2.28. The van der Waals surface area contributed by atoms with Gasteiger partial charge in [0.2, 0.25) is 0 Å². The van der Waals surface area contributed by atoms with Crippen molar-refractivity contribution >= 4 is 5.91 Å². The van der Waals surface area contributed by atoms with Crippen molar-refractivity contribution in [3.05, 3.63) is 53.8 Å². The molecule has 0 aliphatic rings. The van der Waals surface area contributed by atoms with E-state index in [0.29, 0.717) is 11.3 Å². The van der Waals surface area contributed by atoms with Crippen LogP contribution in [0, 0.1) is 5.82 Å². The maximum atomic E-state index is 12.8. The Hall–Kier alpha value is -2.90. The third-order valence-electron chi connectivity index (χ3n) is 3.12. The Morgan fingerprint density at radius 1 is 1.12 bits per heavy atom. The smallest absolute Gasteiger partial charge is 0.387 e. The Bertz CT molecular complexity index is 708. The first kappa shape index (κ1) is 18.4. The van der Waals surface area contributed by atoms with E-state index in [0.717, 1.165) is 0 Å². The van der Waals surface area contributed by atoms with Crippen molar-refractivity contribution in [2.45, 2.75) is 13.2 Å². The number of methoxy groups -OCH3 is 1. The number of rotatable bonds is 8. The van der Waals surface area contributed by atoms with Crippen LogP contribution >= 0.6 is 0 Å². The predicted molar refractivity (Wildman–Crippen MR) is 83.4 cm³/mol. The van der Waals surface area contributed by atoms with E-state index in [1.165, 1.54) is 49.6 Å². The van der Waals surface area contributed by atoms with Gasteiger partial charge in [0.1, 0.15) is 11.6 Å². The monoisotopic (exact) mass is 355 g/mol. The molecule has 25 heavy (non-hydrogen) atoms. The van der Waals surface area contributed by atoms with Gasteiger partial charge in [-0.05, 0) is 42.0 Å². The lowest BCUT2D eigenvalue weighted by Gasteiger charge is -2.12. The Balaban J connectivity index is 1.85. The molecule has 1 amide bonds. The Kier molecular flexibility index (Phi) is 6.50. The number of hydrogen-bond acceptors (Lipinski definition) is 4. The van der Waals surface area contributed by atoms with Crippen LogP contribution in [0.2, 0.25) is 0 Å². The van der Waals surface area contributed by atoms with Crippen molar-refractivity contribution in [3.63, 3.8) is 0 Å². The van der Waals surface area contributed by atoms with E-state index in [9.17, 15) is 18.0 Å². The summed E-state index contributed by atoms with van der Waals surface area (Å²) in [6.07, 6.45) is 0. The zero-order valence-electron chi connectivity index (χ0n) is 13.3. The minimum absolute atomic E-state index is 0.0905. The third kappa shape index (κ3) is 5.91. The number of alkyl halides is 2. The molecule has 0 spiro atoms. The van der Waals surface area contributed by atoms with Crippen LogP contribution in [-0.2, 0) is 11.3 Å². The molecule has 134 valence electrons. The molecule has 0 fully saturated rings. The van der Waals surface area contributed by atoms with Gasteiger partial charge in [0.05, 0.1) is 7.11 Å². The summed E-state index contributed by atoms with van der Waals surface area (Å²) in [5, 5.41) is 2.61. The summed E-state index contributed by atoms with van der Waals surface area (Å²) in [6, 6.07) is 9.62. The topological polar surface area (TPSA) is 56.8 Å². The fraction of sp³-hybridized carbons (Fsp3) is 0.235. The number of benzene rings is 2. The Morgan fingerprint density at radius 3 is 2.48 bits per heavy atom. The van der Waals surface area contributed by atoms with Crippen LogP contribution in [0.15, 0.2) is 42.5 Å². The molecule has 1 N–H and O–H groups in total. The number of amides is 1. The highest BCUT2D eigenvalue weighted by Crippen LogP contribution is 2.29. The van der Waals surface area contributed by atoms with E-state index >= 15 is 0 Å². The van der Waals surface area contributed by atoms with Crippen molar-refractivity contribution in [1.29, 1.82) is 0 Å². The highest BCUT2D eigenvalue weighted by atomic mass is 19.3. The average molecular weight is 355 g/mol. The molecular weight excluding hydrogens is 339 g/mol. The van der Waals surface area contributed by atoms with E-state index in [-0.39, 0.29) is 24.7 Å². The molecule has 5 nitrogen and oxygen atoms in total. The van der Waals surface area contributed by atoms with Gasteiger partial charge in [-0.25, -0.2) is 4.39 Å². The van der Waals surface area contributed by atoms with E-state index < -0.39 is 18.3 Å². The minimum atomic E-state index is -2.96. The maximum Gasteiger partial charge on any atom is 0.387 e. The van der Waals surface area contributed by atoms with Crippen molar-refractivity contribution in [1.82, 2.24) is 5.32 Å². The summed E-state index contributed by atoms with van der Waals surface area (Å²) in [5.74, 6) is -0.380. The van der Waals surface area contributed by atoms with Crippen LogP contribution in [0.3, 0.4) is 0 Å². The molecule has 0 bridgehead atoms. The van der Waals surface area contributed by atoms with Crippen LogP contribution in [-0.4, -0.2) is 26.2 Å². The normalized spacial score (nSPS) is 10.4. The summed E-state index contributed by atoms with van der Waals surface area (Å²) in [7, 11) is 1.33. The molecule has 8 heteroatoms. The van der Waals surface area contributed by atoms with Crippen LogP contribution in [0.5, 0.6) is 17.2 Å². The van der Waals surface area contributed by atoms with Crippen LogP contribution in [0.1, 0.15) is 5.56 Å². The van der Waals surface area contributed by atoms with Crippen LogP contribution in [0.25, 0.3) is 0 Å². The molecule has 0 saturated heterocycles. The summed E-state index contributed by atoms with van der Waals surface area (Å²) < 4.78 is 51.8. The number of carbonyl (C=O) groups excluding carboxylic acids is 1. The summed E-state index contributed by atoms with van der Waals surface area (Å²) in [6.45, 7) is -3.05. The molecule has 0 unspecified atom stereocenters. The van der Waals surface area contributed by atoms with Crippen molar-refractivity contribution in [2.75, 3.05) is 13.7 Å². The molecule has 0 aromatic heterocycles. The van der Waals surface area contributed by atoms with Gasteiger partial charge in [0, 0.05) is 6.54 Å². The standard InChI is InChI=1S/C17H16F3NO4/c1-23-15-8-11(2-7-14(15)25-17(19)20)9-21-16(22)10-24-13-5-3-12(18)4-6-13/h2-8,17H,9-10H2,1H3,(H,21,22). The quantitative estimate of drug-likeness (QED) is 0.790. The summed E-state index contributed by atoms with van der Waals surface area (Å²) >= 11 is 0. The van der Waals surface area contributed by atoms with Gasteiger partial charge in [-0.2, -0.15) is 8.78 Å². The van der Waals surface area contributed by atoms with Crippen molar-refractivity contribution < 1.29 is 32.2 Å². The van der Waals surface area contributed by atoms with Gasteiger partial charge in [0.25, 0.3) is 5.91 Å². The molecule has 0 saturated carbocycles. The van der Waals surface area contributed by atoms with E-state index in [2.05, 4.69) is 10.1 Å². The lowest BCUT2D eigenvalue weighted by atomic mass is 10.2. The maximum absolute atomic E-state index is 12.8. The number of ether oxygens (including phenoxy) is 3. The fourth-order valence-corrected chi connectivity index (χ4v) is 1.95. The van der Waals surface area contributed by atoms with Crippen molar-refractivity contribution in [2.24, 2.45) is 0 Å². The largest absolute Gasteiger partial charge is 0.493 e. The van der Waals surface area contributed by atoms with Gasteiger partial charge in [-0.3, -0.25) is 4.79 Å². The molecule has 0 radical (unpaired) electrons. The first-order chi connectivity index (χ1) is 12.0. The molecule has 2 aromatic carbocycles. The number of hydrogen-bond donors (Lipinski definition) is 1. The zero-order valence-corrected chi connectivity index (χ0v) is 13.3. The highest BCUT2D eigenvalue weighted by Gasteiger charge is 2.11. The first-order valence-electron chi connectivity index (χ1n) is 7.24. The van der Waals surface area contributed by atoms with Crippen LogP contribution < -0.4 is 19.5 Å². The molecule has 0 heterocycles. The van der Waals surface area contributed by atoms with E-state index in [4.69, 9.17) is 9.47 Å². The van der Waals surface area contributed by atoms with Gasteiger partial charge in [-0.1, -0.05) is 6.07 Å². The second-order valence-corrected chi connectivity index (χ2v) is 4.88. The summed E-state index contributed by atoms with van der Waals surface area (Å²) in [5.41, 5.74) is 0.633. The zero-order chi connectivity index (χ0) is 18.2. The lowest BCUT2D eigenvalue weighted by molar-refractivity contribution is -0.123. The van der Waals surface area contributed by atoms with E-state index in [1.807, 2.05) is 0 Å². The SMILES string of the molecule is COc1cc(CNC(=O)COc2ccc(F)cc2)ccc1OC(F)F. The molecule has 0 aliphatic heterocycles. The number of carbonyl (C=O) groups is 1. The second-order valence-electron chi connectivity index (χ2n) is 4.88. The predicted octanol–water partition coefficient (Wildman–Crippen LogP) is 3.13. The molecule has 0 atom stereocenters. The third-order valence-corrected chi connectivity index (χ3v) is 3.12. The van der Waals surface area contributed by atoms with Gasteiger partial charge < -0.3 is 19.5 Å². The molecular formula is C17H16F3NO4. The van der Waals surface area contributed by atoms with Gasteiger partial charge >= 0.3 is 6.61 Å². The number of nitrogens with one attached hydrogen (secondary N) is 1.